The number of hydrogen-bond acceptors (Lipinski definition) is 6. The SMILES string of the molecule is COc1ccc(C2=NN(CN3C(=O)C(=O)c4ccc(Br)cc43)C(c3ccc(OC)cc3)C2)cc1. The Morgan fingerprint density at radius 1 is 0.941 bits per heavy atom. The average molecular weight is 520 g/mol. The maximum Gasteiger partial charge on any atom is 0.301 e. The zero-order valence-electron chi connectivity index (χ0n) is 18.7. The molecule has 0 aromatic heterocycles. The molecule has 1 atom stereocenters. The number of nitrogens with zero attached hydrogens (tertiary/aromatic N) is 3. The van der Waals surface area contributed by atoms with Crippen LogP contribution in [0.2, 0.25) is 0 Å². The van der Waals surface area contributed by atoms with Crippen LogP contribution in [0.1, 0.15) is 33.9 Å². The number of ether oxygens (including phenoxy) is 2. The maximum atomic E-state index is 12.9. The molecule has 3 aromatic carbocycles. The molecular formula is C26H22BrN3O4. The van der Waals surface area contributed by atoms with Crippen molar-refractivity contribution in [2.24, 2.45) is 5.10 Å². The minimum absolute atomic E-state index is 0.109. The first-order valence-electron chi connectivity index (χ1n) is 10.8. The summed E-state index contributed by atoms with van der Waals surface area (Å²) in [6.45, 7) is 0.157. The van der Waals surface area contributed by atoms with Gasteiger partial charge < -0.3 is 9.47 Å². The van der Waals surface area contributed by atoms with Gasteiger partial charge in [-0.3, -0.25) is 19.5 Å². The molecule has 0 radical (unpaired) electrons. The molecule has 2 aliphatic heterocycles. The Bertz CT molecular complexity index is 1290. The zero-order chi connectivity index (χ0) is 23.8. The predicted octanol–water partition coefficient (Wildman–Crippen LogP) is 4.80. The van der Waals surface area contributed by atoms with E-state index < -0.39 is 11.7 Å². The van der Waals surface area contributed by atoms with E-state index in [1.54, 1.807) is 32.4 Å². The molecule has 34 heavy (non-hydrogen) atoms. The van der Waals surface area contributed by atoms with Crippen LogP contribution in [0.5, 0.6) is 11.5 Å². The molecule has 0 saturated carbocycles. The van der Waals surface area contributed by atoms with Crippen molar-refractivity contribution in [2.75, 3.05) is 25.8 Å². The van der Waals surface area contributed by atoms with E-state index in [1.807, 2.05) is 53.5 Å². The van der Waals surface area contributed by atoms with E-state index in [2.05, 4.69) is 15.9 Å². The molecule has 2 aliphatic rings. The molecule has 0 saturated heterocycles. The highest BCUT2D eigenvalue weighted by Crippen LogP contribution is 2.37. The molecule has 0 N–H and O–H groups in total. The summed E-state index contributed by atoms with van der Waals surface area (Å²) in [6, 6.07) is 20.7. The van der Waals surface area contributed by atoms with Gasteiger partial charge in [0.1, 0.15) is 18.2 Å². The van der Waals surface area contributed by atoms with Gasteiger partial charge in [0.2, 0.25) is 0 Å². The molecule has 7 nitrogen and oxygen atoms in total. The molecule has 0 fully saturated rings. The largest absolute Gasteiger partial charge is 0.497 e. The van der Waals surface area contributed by atoms with Gasteiger partial charge in [-0.2, -0.15) is 5.10 Å². The van der Waals surface area contributed by atoms with Gasteiger partial charge >= 0.3 is 5.91 Å². The second-order valence-corrected chi connectivity index (χ2v) is 8.99. The third-order valence-electron chi connectivity index (χ3n) is 6.14. The standard InChI is InChI=1S/C26H22BrN3O4/c1-33-19-8-3-16(4-9-19)22-14-23(17-5-10-20(34-2)11-6-17)30(28-22)15-29-24-13-18(27)7-12-21(24)25(31)26(29)32/h3-13,23H,14-15H2,1-2H3. The van der Waals surface area contributed by atoms with Gasteiger partial charge in [-0.25, -0.2) is 0 Å². The molecular weight excluding hydrogens is 498 g/mol. The van der Waals surface area contributed by atoms with Crippen molar-refractivity contribution < 1.29 is 19.1 Å². The summed E-state index contributed by atoms with van der Waals surface area (Å²) in [4.78, 5) is 26.9. The Morgan fingerprint density at radius 3 is 2.24 bits per heavy atom. The van der Waals surface area contributed by atoms with Crippen LogP contribution in [-0.2, 0) is 4.79 Å². The molecule has 5 rings (SSSR count). The number of carbonyl (C=O) groups is 2. The third kappa shape index (κ3) is 3.94. The van der Waals surface area contributed by atoms with Gasteiger partial charge in [0.15, 0.2) is 0 Å². The highest BCUT2D eigenvalue weighted by molar-refractivity contribution is 9.10. The van der Waals surface area contributed by atoms with E-state index in [1.165, 1.54) is 4.90 Å². The molecule has 172 valence electrons. The number of fused-ring (bicyclic) bond motifs is 1. The van der Waals surface area contributed by atoms with E-state index in [4.69, 9.17) is 14.6 Å². The summed E-state index contributed by atoms with van der Waals surface area (Å²) in [6.07, 6.45) is 0.653. The monoisotopic (exact) mass is 519 g/mol. The third-order valence-corrected chi connectivity index (χ3v) is 6.63. The van der Waals surface area contributed by atoms with E-state index in [9.17, 15) is 9.59 Å². The topological polar surface area (TPSA) is 71.4 Å². The van der Waals surface area contributed by atoms with Crippen LogP contribution in [-0.4, -0.2) is 43.3 Å². The van der Waals surface area contributed by atoms with Crippen LogP contribution >= 0.6 is 15.9 Å². The number of hydrazone groups is 1. The van der Waals surface area contributed by atoms with Crippen molar-refractivity contribution >= 4 is 39.0 Å². The summed E-state index contributed by atoms with van der Waals surface area (Å²) < 4.78 is 11.4. The number of carbonyl (C=O) groups excluding carboxylic acids is 2. The Hall–Kier alpha value is -3.65. The van der Waals surface area contributed by atoms with Crippen molar-refractivity contribution in [3.8, 4) is 11.5 Å². The van der Waals surface area contributed by atoms with Crippen LogP contribution in [0.3, 0.4) is 0 Å². The van der Waals surface area contributed by atoms with Gasteiger partial charge in [-0.1, -0.05) is 28.1 Å². The van der Waals surface area contributed by atoms with E-state index in [0.29, 0.717) is 17.7 Å². The summed E-state index contributed by atoms with van der Waals surface area (Å²) in [5.74, 6) is 0.495. The predicted molar refractivity (Wildman–Crippen MR) is 133 cm³/mol. The Kier molecular flexibility index (Phi) is 5.83. The maximum absolute atomic E-state index is 12.9. The van der Waals surface area contributed by atoms with Crippen molar-refractivity contribution in [2.45, 2.75) is 12.5 Å². The Morgan fingerprint density at radius 2 is 1.59 bits per heavy atom. The van der Waals surface area contributed by atoms with Crippen LogP contribution in [0.4, 0.5) is 5.69 Å². The molecule has 0 aliphatic carbocycles. The van der Waals surface area contributed by atoms with E-state index in [-0.39, 0.29) is 12.7 Å². The number of rotatable bonds is 6. The number of anilines is 1. The molecule has 8 heteroatoms. The minimum Gasteiger partial charge on any atom is -0.497 e. The van der Waals surface area contributed by atoms with Crippen molar-refractivity contribution in [1.82, 2.24) is 5.01 Å². The molecule has 0 spiro atoms. The highest BCUT2D eigenvalue weighted by atomic mass is 79.9. The van der Waals surface area contributed by atoms with Crippen molar-refractivity contribution in [3.05, 3.63) is 87.9 Å². The smallest absolute Gasteiger partial charge is 0.301 e. The summed E-state index contributed by atoms with van der Waals surface area (Å²) in [5, 5.41) is 6.77. The minimum atomic E-state index is -0.547. The first-order valence-corrected chi connectivity index (χ1v) is 11.6. The van der Waals surface area contributed by atoms with E-state index >= 15 is 0 Å². The van der Waals surface area contributed by atoms with Crippen LogP contribution in [0.15, 0.2) is 76.3 Å². The van der Waals surface area contributed by atoms with Gasteiger partial charge in [-0.05, 0) is 65.7 Å². The number of benzene rings is 3. The number of Topliss-reactive ketones (excluding diaryl/α,β-unsaturated/α-hetero) is 1. The fourth-order valence-electron chi connectivity index (χ4n) is 4.31. The Balaban J connectivity index is 1.50. The van der Waals surface area contributed by atoms with Crippen LogP contribution < -0.4 is 14.4 Å². The number of methoxy groups -OCH3 is 2. The lowest BCUT2D eigenvalue weighted by Gasteiger charge is -2.28. The molecule has 1 amide bonds. The average Bonchev–Trinajstić information content (AvgIpc) is 3.39. The van der Waals surface area contributed by atoms with Crippen molar-refractivity contribution in [1.29, 1.82) is 0 Å². The number of ketones is 1. The zero-order valence-corrected chi connectivity index (χ0v) is 20.3. The van der Waals surface area contributed by atoms with Gasteiger partial charge in [0, 0.05) is 10.9 Å². The number of halogens is 1. The first kappa shape index (κ1) is 22.2. The number of hydrogen-bond donors (Lipinski definition) is 0. The summed E-state index contributed by atoms with van der Waals surface area (Å²) >= 11 is 3.45. The Labute approximate surface area is 205 Å². The molecule has 1 unspecified atom stereocenters. The lowest BCUT2D eigenvalue weighted by molar-refractivity contribution is -0.114. The van der Waals surface area contributed by atoms with Crippen LogP contribution in [0, 0.1) is 0 Å². The second-order valence-electron chi connectivity index (χ2n) is 8.07. The first-order chi connectivity index (χ1) is 16.5. The molecule has 2 heterocycles. The van der Waals surface area contributed by atoms with Gasteiger partial charge in [0.25, 0.3) is 5.78 Å². The van der Waals surface area contributed by atoms with Crippen LogP contribution in [0.25, 0.3) is 0 Å². The number of amides is 1. The lowest BCUT2D eigenvalue weighted by atomic mass is 9.98. The lowest BCUT2D eigenvalue weighted by Crippen LogP contribution is -2.39. The van der Waals surface area contributed by atoms with Crippen molar-refractivity contribution in [3.63, 3.8) is 0 Å². The van der Waals surface area contributed by atoms with E-state index in [0.717, 1.165) is 32.8 Å². The second kappa shape index (κ2) is 8.95. The summed E-state index contributed by atoms with van der Waals surface area (Å²) in [7, 11) is 3.27. The fraction of sp³-hybridized carbons (Fsp3) is 0.192. The highest BCUT2D eigenvalue weighted by Gasteiger charge is 2.39. The quantitative estimate of drug-likeness (QED) is 0.437. The molecule has 3 aromatic rings. The molecule has 0 bridgehead atoms. The fourth-order valence-corrected chi connectivity index (χ4v) is 4.66. The summed E-state index contributed by atoms with van der Waals surface area (Å²) in [5.41, 5.74) is 3.92. The van der Waals surface area contributed by atoms with Gasteiger partial charge in [-0.15, -0.1) is 0 Å². The normalized spacial score (nSPS) is 17.1. The van der Waals surface area contributed by atoms with Gasteiger partial charge in [0.05, 0.1) is 37.2 Å².